The summed E-state index contributed by atoms with van der Waals surface area (Å²) in [4.78, 5) is 12.4. The predicted octanol–water partition coefficient (Wildman–Crippen LogP) is 4.41. The van der Waals surface area contributed by atoms with Crippen LogP contribution in [0.4, 0.5) is 0 Å². The summed E-state index contributed by atoms with van der Waals surface area (Å²) in [5.41, 5.74) is 3.51. The quantitative estimate of drug-likeness (QED) is 0.546. The Balaban J connectivity index is 1.41. The maximum atomic E-state index is 12.4. The number of carbonyl (C=O) groups is 1. The minimum absolute atomic E-state index is 0.195. The molecule has 1 unspecified atom stereocenters. The van der Waals surface area contributed by atoms with Gasteiger partial charge in [-0.2, -0.15) is 5.10 Å². The molecule has 0 aliphatic carbocycles. The molecule has 0 fully saturated rings. The lowest BCUT2D eigenvalue weighted by molar-refractivity contribution is -0.122. The summed E-state index contributed by atoms with van der Waals surface area (Å²) in [5, 5.41) is 11.3. The highest BCUT2D eigenvalue weighted by Crippen LogP contribution is 2.28. The Labute approximate surface area is 198 Å². The van der Waals surface area contributed by atoms with Crippen molar-refractivity contribution in [2.75, 3.05) is 20.8 Å². The molecule has 0 saturated carbocycles. The van der Waals surface area contributed by atoms with Crippen LogP contribution >= 0.6 is 0 Å². The molecule has 1 aliphatic rings. The molecule has 4 rings (SSSR count). The van der Waals surface area contributed by atoms with Crippen molar-refractivity contribution in [3.05, 3.63) is 102 Å². The fourth-order valence-electron chi connectivity index (χ4n) is 3.60. The van der Waals surface area contributed by atoms with Crippen LogP contribution < -0.4 is 14.8 Å². The van der Waals surface area contributed by atoms with Gasteiger partial charge in [0.25, 0.3) is 5.91 Å². The summed E-state index contributed by atoms with van der Waals surface area (Å²) in [7, 11) is 3.18. The number of benzene rings is 3. The number of hydrogen-bond donors (Lipinski definition) is 1. The highest BCUT2D eigenvalue weighted by molar-refractivity contribution is 6.19. The summed E-state index contributed by atoms with van der Waals surface area (Å²) < 4.78 is 16.4. The SMILES string of the molecule is COc1ccc(OC)c(/C=C/NC(=O)COC2=NN=C(c3ccccc3)C2c2ccccc2)c1. The van der Waals surface area contributed by atoms with E-state index in [4.69, 9.17) is 14.2 Å². The molecule has 0 bridgehead atoms. The number of nitrogens with zero attached hydrogens (tertiary/aromatic N) is 2. The molecule has 0 saturated heterocycles. The first-order chi connectivity index (χ1) is 16.7. The maximum absolute atomic E-state index is 12.4. The van der Waals surface area contributed by atoms with Crippen LogP contribution in [0.2, 0.25) is 0 Å². The van der Waals surface area contributed by atoms with Crippen LogP contribution in [-0.2, 0) is 9.53 Å². The number of methoxy groups -OCH3 is 2. The van der Waals surface area contributed by atoms with Crippen LogP contribution in [0.25, 0.3) is 6.08 Å². The van der Waals surface area contributed by atoms with Crippen LogP contribution in [0.1, 0.15) is 22.6 Å². The minimum atomic E-state index is -0.319. The first kappa shape index (κ1) is 22.8. The van der Waals surface area contributed by atoms with E-state index in [-0.39, 0.29) is 18.4 Å². The van der Waals surface area contributed by atoms with Crippen molar-refractivity contribution >= 4 is 23.6 Å². The molecule has 172 valence electrons. The van der Waals surface area contributed by atoms with E-state index in [0.717, 1.165) is 22.4 Å². The summed E-state index contributed by atoms with van der Waals surface area (Å²) in [6, 6.07) is 25.1. The Bertz CT molecular complexity index is 1220. The van der Waals surface area contributed by atoms with Gasteiger partial charge in [-0.1, -0.05) is 60.7 Å². The Morgan fingerprint density at radius 3 is 2.38 bits per heavy atom. The first-order valence-corrected chi connectivity index (χ1v) is 10.8. The van der Waals surface area contributed by atoms with Crippen LogP contribution in [-0.4, -0.2) is 38.3 Å². The second-order valence-corrected chi connectivity index (χ2v) is 7.43. The van der Waals surface area contributed by atoms with E-state index < -0.39 is 0 Å². The van der Waals surface area contributed by atoms with Gasteiger partial charge < -0.3 is 19.5 Å². The number of hydrogen-bond acceptors (Lipinski definition) is 6. The van der Waals surface area contributed by atoms with Gasteiger partial charge >= 0.3 is 0 Å². The minimum Gasteiger partial charge on any atom is -0.497 e. The lowest BCUT2D eigenvalue weighted by Gasteiger charge is -2.16. The smallest absolute Gasteiger partial charge is 0.261 e. The molecule has 34 heavy (non-hydrogen) atoms. The van der Waals surface area contributed by atoms with Gasteiger partial charge in [0.2, 0.25) is 5.90 Å². The normalized spacial score (nSPS) is 14.9. The van der Waals surface area contributed by atoms with Crippen molar-refractivity contribution in [2.45, 2.75) is 5.92 Å². The molecule has 1 atom stereocenters. The third-order valence-corrected chi connectivity index (χ3v) is 5.27. The van der Waals surface area contributed by atoms with Gasteiger partial charge in [-0.3, -0.25) is 4.79 Å². The molecule has 0 radical (unpaired) electrons. The Morgan fingerprint density at radius 1 is 0.941 bits per heavy atom. The Morgan fingerprint density at radius 2 is 1.68 bits per heavy atom. The zero-order valence-electron chi connectivity index (χ0n) is 19.0. The molecule has 1 N–H and O–H groups in total. The molecule has 3 aromatic carbocycles. The van der Waals surface area contributed by atoms with Gasteiger partial charge in [-0.05, 0) is 35.4 Å². The average Bonchev–Trinajstić information content (AvgIpc) is 3.32. The highest BCUT2D eigenvalue weighted by Gasteiger charge is 2.31. The number of nitrogens with one attached hydrogen (secondary N) is 1. The molecule has 7 heteroatoms. The van der Waals surface area contributed by atoms with Crippen molar-refractivity contribution in [1.29, 1.82) is 0 Å². The predicted molar refractivity (Wildman–Crippen MR) is 132 cm³/mol. The summed E-state index contributed by atoms with van der Waals surface area (Å²) in [5.74, 6) is 1.14. The third-order valence-electron chi connectivity index (χ3n) is 5.27. The standard InChI is InChI=1S/C27H25N3O4/c1-32-22-13-14-23(33-2)21(17-22)15-16-28-24(31)18-34-27-25(19-9-5-3-6-10-19)26(29-30-27)20-11-7-4-8-12-20/h3-17,25H,18H2,1-2H3,(H,28,31)/b16-15+. The van der Waals surface area contributed by atoms with Crippen molar-refractivity contribution in [1.82, 2.24) is 5.32 Å². The van der Waals surface area contributed by atoms with Crippen LogP contribution in [0.15, 0.2) is 95.3 Å². The van der Waals surface area contributed by atoms with E-state index >= 15 is 0 Å². The van der Waals surface area contributed by atoms with Gasteiger partial charge in [0, 0.05) is 11.8 Å². The molecule has 3 aromatic rings. The fourth-order valence-corrected chi connectivity index (χ4v) is 3.60. The molecular weight excluding hydrogens is 430 g/mol. The summed E-state index contributed by atoms with van der Waals surface area (Å²) >= 11 is 0. The zero-order valence-corrected chi connectivity index (χ0v) is 19.0. The lowest BCUT2D eigenvalue weighted by atomic mass is 9.90. The Kier molecular flexibility index (Phi) is 7.35. The number of ether oxygens (including phenoxy) is 3. The molecule has 1 heterocycles. The van der Waals surface area contributed by atoms with E-state index in [0.29, 0.717) is 17.4 Å². The Hall–Kier alpha value is -4.39. The van der Waals surface area contributed by atoms with E-state index in [2.05, 4.69) is 15.5 Å². The van der Waals surface area contributed by atoms with Gasteiger partial charge in [0.05, 0.1) is 19.9 Å². The summed E-state index contributed by atoms with van der Waals surface area (Å²) in [6.07, 6.45) is 3.27. The molecule has 1 amide bonds. The van der Waals surface area contributed by atoms with Crippen molar-refractivity contribution < 1.29 is 19.0 Å². The van der Waals surface area contributed by atoms with Gasteiger partial charge in [-0.25, -0.2) is 0 Å². The molecule has 1 aliphatic heterocycles. The fraction of sp³-hybridized carbons (Fsp3) is 0.148. The number of amides is 1. The van der Waals surface area contributed by atoms with Gasteiger partial charge in [-0.15, -0.1) is 5.10 Å². The molecular formula is C27H25N3O4. The lowest BCUT2D eigenvalue weighted by Crippen LogP contribution is -2.28. The largest absolute Gasteiger partial charge is 0.497 e. The van der Waals surface area contributed by atoms with E-state index in [9.17, 15) is 4.79 Å². The van der Waals surface area contributed by atoms with Crippen molar-refractivity contribution in [2.24, 2.45) is 10.2 Å². The van der Waals surface area contributed by atoms with Crippen LogP contribution in [0, 0.1) is 0 Å². The second kappa shape index (κ2) is 11.0. The number of rotatable bonds is 8. The van der Waals surface area contributed by atoms with Crippen LogP contribution in [0.5, 0.6) is 11.5 Å². The van der Waals surface area contributed by atoms with E-state index in [1.54, 1.807) is 38.6 Å². The number of carbonyl (C=O) groups excluding carboxylic acids is 1. The topological polar surface area (TPSA) is 81.5 Å². The molecule has 0 aromatic heterocycles. The maximum Gasteiger partial charge on any atom is 0.261 e. The first-order valence-electron chi connectivity index (χ1n) is 10.8. The third kappa shape index (κ3) is 5.32. The van der Waals surface area contributed by atoms with E-state index in [1.165, 1.54) is 0 Å². The monoisotopic (exact) mass is 455 g/mol. The highest BCUT2D eigenvalue weighted by atomic mass is 16.5. The summed E-state index contributed by atoms with van der Waals surface area (Å²) in [6.45, 7) is -0.195. The average molecular weight is 456 g/mol. The van der Waals surface area contributed by atoms with Crippen LogP contribution in [0.3, 0.4) is 0 Å². The second-order valence-electron chi connectivity index (χ2n) is 7.43. The van der Waals surface area contributed by atoms with Gasteiger partial charge in [0.15, 0.2) is 6.61 Å². The molecule has 7 nitrogen and oxygen atoms in total. The van der Waals surface area contributed by atoms with Crippen molar-refractivity contribution in [3.8, 4) is 11.5 Å². The van der Waals surface area contributed by atoms with E-state index in [1.807, 2.05) is 66.7 Å². The van der Waals surface area contributed by atoms with Gasteiger partial charge in [0.1, 0.15) is 17.4 Å². The zero-order chi connectivity index (χ0) is 23.8. The van der Waals surface area contributed by atoms with Crippen molar-refractivity contribution in [3.63, 3.8) is 0 Å². The molecule has 0 spiro atoms.